The number of hydrogen-bond donors (Lipinski definition) is 1. The van der Waals surface area contributed by atoms with Crippen molar-refractivity contribution in [1.29, 1.82) is 0 Å². The fourth-order valence-corrected chi connectivity index (χ4v) is 1.84. The summed E-state index contributed by atoms with van der Waals surface area (Å²) >= 11 is 0. The molecule has 0 spiro atoms. The summed E-state index contributed by atoms with van der Waals surface area (Å²) in [6, 6.07) is 1.76. The monoisotopic (exact) mass is 264 g/mol. The summed E-state index contributed by atoms with van der Waals surface area (Å²) in [6.07, 6.45) is 18.0. The Labute approximate surface area is 115 Å². The Morgan fingerprint density at radius 2 is 2.00 bits per heavy atom. The van der Waals surface area contributed by atoms with Crippen LogP contribution in [0.2, 0.25) is 0 Å². The van der Waals surface area contributed by atoms with E-state index in [0.29, 0.717) is 16.9 Å². The van der Waals surface area contributed by atoms with Crippen LogP contribution < -0.4 is 5.32 Å². The lowest BCUT2D eigenvalue weighted by Crippen LogP contribution is -2.21. The van der Waals surface area contributed by atoms with Crippen LogP contribution in [0.3, 0.4) is 0 Å². The zero-order valence-electron chi connectivity index (χ0n) is 10.6. The molecule has 5 nitrogen and oxygen atoms in total. The van der Waals surface area contributed by atoms with Crippen molar-refractivity contribution in [1.82, 2.24) is 19.9 Å². The highest BCUT2D eigenvalue weighted by atomic mass is 16.1. The second-order valence-corrected chi connectivity index (χ2v) is 4.15. The minimum atomic E-state index is -0.229. The van der Waals surface area contributed by atoms with Crippen molar-refractivity contribution in [3.63, 3.8) is 0 Å². The Bertz CT molecular complexity index is 765. The van der Waals surface area contributed by atoms with E-state index in [1.54, 1.807) is 23.0 Å². The van der Waals surface area contributed by atoms with Crippen molar-refractivity contribution in [2.45, 2.75) is 0 Å². The van der Waals surface area contributed by atoms with Crippen LogP contribution in [0.5, 0.6) is 0 Å². The molecule has 1 aliphatic carbocycles. The third-order valence-electron chi connectivity index (χ3n) is 2.78. The lowest BCUT2D eigenvalue weighted by atomic mass is 10.2. The smallest absolute Gasteiger partial charge is 0.261 e. The van der Waals surface area contributed by atoms with Crippen molar-refractivity contribution in [3.05, 3.63) is 78.4 Å². The zero-order chi connectivity index (χ0) is 13.8. The highest BCUT2D eigenvalue weighted by molar-refractivity contribution is 6.00. The number of amides is 1. The molecule has 2 aromatic heterocycles. The van der Waals surface area contributed by atoms with Gasteiger partial charge in [0.05, 0.1) is 6.20 Å². The molecule has 5 heteroatoms. The summed E-state index contributed by atoms with van der Waals surface area (Å²) in [5.41, 5.74) is 1.70. The summed E-state index contributed by atoms with van der Waals surface area (Å²) in [4.78, 5) is 16.4. The maximum Gasteiger partial charge on any atom is 0.261 e. The first-order valence-electron chi connectivity index (χ1n) is 6.16. The number of rotatable bonds is 2. The highest BCUT2D eigenvalue weighted by Gasteiger charge is 2.13. The summed E-state index contributed by atoms with van der Waals surface area (Å²) in [5.74, 6) is -0.229. The molecule has 1 amide bonds. The Kier molecular flexibility index (Phi) is 3.24. The number of fused-ring (bicyclic) bond motifs is 1. The van der Waals surface area contributed by atoms with E-state index in [2.05, 4.69) is 15.4 Å². The minimum absolute atomic E-state index is 0.229. The third-order valence-corrected chi connectivity index (χ3v) is 2.78. The summed E-state index contributed by atoms with van der Waals surface area (Å²) in [7, 11) is 0. The SMILES string of the molecule is O=C(NC1=C/C=C\C=C/C=C\1)c1cnn2cccnc12. The Hall–Kier alpha value is -2.95. The molecule has 0 radical (unpaired) electrons. The highest BCUT2D eigenvalue weighted by Crippen LogP contribution is 2.08. The van der Waals surface area contributed by atoms with E-state index in [1.165, 1.54) is 6.20 Å². The van der Waals surface area contributed by atoms with Crippen LogP contribution in [-0.4, -0.2) is 20.5 Å². The summed E-state index contributed by atoms with van der Waals surface area (Å²) < 4.78 is 1.57. The summed E-state index contributed by atoms with van der Waals surface area (Å²) in [6.45, 7) is 0. The first kappa shape index (κ1) is 12.1. The molecule has 98 valence electrons. The zero-order valence-corrected chi connectivity index (χ0v) is 10.6. The molecule has 0 bridgehead atoms. The average Bonchev–Trinajstić information content (AvgIpc) is 2.85. The van der Waals surface area contributed by atoms with Gasteiger partial charge in [-0.3, -0.25) is 4.79 Å². The van der Waals surface area contributed by atoms with Gasteiger partial charge in [0.15, 0.2) is 5.65 Å². The van der Waals surface area contributed by atoms with Crippen LogP contribution in [0.1, 0.15) is 10.4 Å². The second-order valence-electron chi connectivity index (χ2n) is 4.15. The van der Waals surface area contributed by atoms with Crippen LogP contribution >= 0.6 is 0 Å². The van der Waals surface area contributed by atoms with Crippen LogP contribution in [0, 0.1) is 0 Å². The molecule has 0 fully saturated rings. The maximum atomic E-state index is 12.3. The molecule has 0 aliphatic heterocycles. The van der Waals surface area contributed by atoms with E-state index in [1.807, 2.05) is 42.5 Å². The molecule has 1 N–H and O–H groups in total. The Morgan fingerprint density at radius 3 is 2.95 bits per heavy atom. The number of hydrogen-bond acceptors (Lipinski definition) is 3. The van der Waals surface area contributed by atoms with E-state index in [9.17, 15) is 4.79 Å². The number of nitrogens with zero attached hydrogens (tertiary/aromatic N) is 3. The van der Waals surface area contributed by atoms with Crippen LogP contribution in [0.15, 0.2) is 72.9 Å². The van der Waals surface area contributed by atoms with Crippen molar-refractivity contribution < 1.29 is 4.79 Å². The molecule has 0 unspecified atom stereocenters. The van der Waals surface area contributed by atoms with Crippen LogP contribution in [0.4, 0.5) is 0 Å². The molecule has 0 saturated carbocycles. The minimum Gasteiger partial charge on any atom is -0.322 e. The lowest BCUT2D eigenvalue weighted by Gasteiger charge is -2.04. The van der Waals surface area contributed by atoms with E-state index >= 15 is 0 Å². The van der Waals surface area contributed by atoms with Gasteiger partial charge in [-0.25, -0.2) is 9.50 Å². The van der Waals surface area contributed by atoms with Crippen LogP contribution in [-0.2, 0) is 0 Å². The van der Waals surface area contributed by atoms with Crippen molar-refractivity contribution in [3.8, 4) is 0 Å². The predicted molar refractivity (Wildman–Crippen MR) is 76.0 cm³/mol. The summed E-state index contributed by atoms with van der Waals surface area (Å²) in [5, 5.41) is 6.94. The van der Waals surface area contributed by atoms with Gasteiger partial charge in [-0.15, -0.1) is 0 Å². The van der Waals surface area contributed by atoms with E-state index < -0.39 is 0 Å². The first-order valence-corrected chi connectivity index (χ1v) is 6.16. The van der Waals surface area contributed by atoms with Gasteiger partial charge in [-0.1, -0.05) is 30.4 Å². The van der Waals surface area contributed by atoms with Gasteiger partial charge < -0.3 is 5.32 Å². The van der Waals surface area contributed by atoms with Gasteiger partial charge in [0.25, 0.3) is 5.91 Å². The first-order chi connectivity index (χ1) is 9.84. The Morgan fingerprint density at radius 1 is 1.15 bits per heavy atom. The number of aromatic nitrogens is 3. The van der Waals surface area contributed by atoms with Gasteiger partial charge in [-0.05, 0) is 18.2 Å². The maximum absolute atomic E-state index is 12.3. The number of carbonyl (C=O) groups is 1. The molecule has 1 aliphatic rings. The van der Waals surface area contributed by atoms with E-state index in [4.69, 9.17) is 0 Å². The molecule has 20 heavy (non-hydrogen) atoms. The van der Waals surface area contributed by atoms with Crippen molar-refractivity contribution in [2.24, 2.45) is 0 Å². The lowest BCUT2D eigenvalue weighted by molar-refractivity contribution is 0.0968. The fraction of sp³-hybridized carbons (Fsp3) is 0. The molecule has 0 saturated heterocycles. The molecular weight excluding hydrogens is 252 g/mol. The fourth-order valence-electron chi connectivity index (χ4n) is 1.84. The van der Waals surface area contributed by atoms with Crippen molar-refractivity contribution in [2.75, 3.05) is 0 Å². The number of nitrogens with one attached hydrogen (secondary N) is 1. The number of carbonyl (C=O) groups excluding carboxylic acids is 1. The van der Waals surface area contributed by atoms with Gasteiger partial charge >= 0.3 is 0 Å². The molecule has 0 atom stereocenters. The predicted octanol–water partition coefficient (Wildman–Crippen LogP) is 2.03. The van der Waals surface area contributed by atoms with Crippen molar-refractivity contribution >= 4 is 11.6 Å². The molecule has 2 heterocycles. The molecule has 3 rings (SSSR count). The third kappa shape index (κ3) is 2.42. The average molecular weight is 264 g/mol. The topological polar surface area (TPSA) is 59.3 Å². The largest absolute Gasteiger partial charge is 0.322 e. The number of allylic oxidation sites excluding steroid dienone is 7. The van der Waals surface area contributed by atoms with Gasteiger partial charge in [-0.2, -0.15) is 5.10 Å². The van der Waals surface area contributed by atoms with Gasteiger partial charge in [0, 0.05) is 18.1 Å². The van der Waals surface area contributed by atoms with E-state index in [0.717, 1.165) is 0 Å². The normalized spacial score (nSPS) is 21.3. The van der Waals surface area contributed by atoms with Gasteiger partial charge in [0.1, 0.15) is 5.56 Å². The Balaban J connectivity index is 1.86. The molecule has 2 aromatic rings. The van der Waals surface area contributed by atoms with Gasteiger partial charge in [0.2, 0.25) is 0 Å². The van der Waals surface area contributed by atoms with Crippen LogP contribution in [0.25, 0.3) is 5.65 Å². The van der Waals surface area contributed by atoms with E-state index in [-0.39, 0.29) is 5.91 Å². The molecule has 0 aromatic carbocycles. The quantitative estimate of drug-likeness (QED) is 0.902. The standard InChI is InChI=1S/C15H12N4O/c20-15(18-12-7-4-2-1-3-5-8-12)13-11-17-19-10-6-9-16-14(13)19/h1-11H,(H,18,20)/b2-1-,3-1?,4-2?,5-3-,7-4-,8-5?,12-7?,12-8+. The second kappa shape index (κ2) is 5.36. The molecular formula is C15H12N4O.